The minimum Gasteiger partial charge on any atom is -0.405 e. The lowest BCUT2D eigenvalue weighted by atomic mass is 10.0. The van der Waals surface area contributed by atoms with Crippen molar-refractivity contribution < 1.29 is 17.9 Å². The number of benzene rings is 2. The second-order valence-electron chi connectivity index (χ2n) is 5.47. The molecule has 3 rings (SSSR count). The van der Waals surface area contributed by atoms with Crippen molar-refractivity contribution in [2.45, 2.75) is 6.36 Å². The molecule has 0 aliphatic carbocycles. The van der Waals surface area contributed by atoms with Gasteiger partial charge in [-0.3, -0.25) is 0 Å². The van der Waals surface area contributed by atoms with Crippen LogP contribution in [0.5, 0.6) is 5.75 Å². The Morgan fingerprint density at radius 2 is 1.93 bits per heavy atom. The van der Waals surface area contributed by atoms with Crippen LogP contribution in [0.4, 0.5) is 13.2 Å². The third-order valence-corrected chi connectivity index (χ3v) is 3.95. The number of nitrogens with one attached hydrogen (secondary N) is 1. The summed E-state index contributed by atoms with van der Waals surface area (Å²) in [7, 11) is 0. The molecule has 1 heterocycles. The number of halogens is 4. The first-order chi connectivity index (χ1) is 12.8. The molecule has 4 nitrogen and oxygen atoms in total. The summed E-state index contributed by atoms with van der Waals surface area (Å²) in [6, 6.07) is 12.3. The zero-order valence-corrected chi connectivity index (χ0v) is 14.2. The van der Waals surface area contributed by atoms with Crippen LogP contribution >= 0.6 is 11.6 Å². The number of hydrogen-bond donors (Lipinski definition) is 1. The maximum absolute atomic E-state index is 12.7. The molecule has 0 atom stereocenters. The molecule has 134 valence electrons. The van der Waals surface area contributed by atoms with Gasteiger partial charge in [0.25, 0.3) is 0 Å². The number of aromatic nitrogens is 1. The lowest BCUT2D eigenvalue weighted by molar-refractivity contribution is -0.274. The monoisotopic (exact) mass is 387 g/mol. The summed E-state index contributed by atoms with van der Waals surface area (Å²) in [5.41, 5.74) is 1.36. The van der Waals surface area contributed by atoms with E-state index in [2.05, 4.69) is 9.72 Å². The summed E-state index contributed by atoms with van der Waals surface area (Å²) < 4.78 is 42.0. The highest BCUT2D eigenvalue weighted by Gasteiger charge is 2.32. The molecule has 2 aromatic carbocycles. The van der Waals surface area contributed by atoms with E-state index >= 15 is 0 Å². The van der Waals surface area contributed by atoms with Gasteiger partial charge in [-0.15, -0.1) is 13.2 Å². The average Bonchev–Trinajstić information content (AvgIpc) is 3.02. The maximum Gasteiger partial charge on any atom is 0.573 e. The molecule has 0 unspecified atom stereocenters. The number of rotatable bonds is 3. The molecule has 0 fully saturated rings. The van der Waals surface area contributed by atoms with Crippen molar-refractivity contribution in [1.82, 2.24) is 4.98 Å². The predicted octanol–water partition coefficient (Wildman–Crippen LogP) is 5.66. The summed E-state index contributed by atoms with van der Waals surface area (Å²) in [4.78, 5) is 2.98. The molecule has 0 saturated heterocycles. The zero-order chi connectivity index (χ0) is 19.6. The lowest BCUT2D eigenvalue weighted by Gasteiger charge is -2.12. The van der Waals surface area contributed by atoms with Gasteiger partial charge in [0.15, 0.2) is 0 Å². The summed E-state index contributed by atoms with van der Waals surface area (Å²) in [6.07, 6.45) is -2.10. The molecule has 0 spiro atoms. The van der Waals surface area contributed by atoms with E-state index in [9.17, 15) is 18.4 Å². The van der Waals surface area contributed by atoms with E-state index in [0.717, 1.165) is 6.07 Å². The second kappa shape index (κ2) is 7.06. The molecule has 3 aromatic rings. The van der Waals surface area contributed by atoms with Gasteiger partial charge in [0, 0.05) is 33.2 Å². The van der Waals surface area contributed by atoms with Crippen molar-refractivity contribution in [3.05, 3.63) is 64.3 Å². The molecular formula is C19H9ClF3N3O. The number of nitriles is 2. The van der Waals surface area contributed by atoms with Crippen LogP contribution in [0.2, 0.25) is 5.02 Å². The topological polar surface area (TPSA) is 72.6 Å². The van der Waals surface area contributed by atoms with Crippen molar-refractivity contribution in [2.75, 3.05) is 0 Å². The van der Waals surface area contributed by atoms with Crippen molar-refractivity contribution in [3.63, 3.8) is 0 Å². The second-order valence-corrected chi connectivity index (χ2v) is 5.91. The van der Waals surface area contributed by atoms with E-state index < -0.39 is 12.1 Å². The molecule has 0 saturated carbocycles. The van der Waals surface area contributed by atoms with Gasteiger partial charge in [0.2, 0.25) is 0 Å². The van der Waals surface area contributed by atoms with Crippen LogP contribution in [0, 0.1) is 22.7 Å². The van der Waals surface area contributed by atoms with Crippen LogP contribution in [0.15, 0.2) is 42.6 Å². The highest BCUT2D eigenvalue weighted by molar-refractivity contribution is 6.31. The lowest BCUT2D eigenvalue weighted by Crippen LogP contribution is -2.17. The van der Waals surface area contributed by atoms with Crippen molar-refractivity contribution >= 4 is 34.2 Å². The first-order valence-corrected chi connectivity index (χ1v) is 7.87. The Labute approximate surface area is 156 Å². The highest BCUT2D eigenvalue weighted by Crippen LogP contribution is 2.33. The van der Waals surface area contributed by atoms with Gasteiger partial charge in [0.05, 0.1) is 23.3 Å². The number of H-pyrrole nitrogens is 1. The third-order valence-electron chi connectivity index (χ3n) is 3.72. The molecule has 27 heavy (non-hydrogen) atoms. The number of hydrogen-bond acceptors (Lipinski definition) is 3. The predicted molar refractivity (Wildman–Crippen MR) is 94.6 cm³/mol. The average molecular weight is 388 g/mol. The molecule has 0 aliphatic heterocycles. The number of nitrogens with zero attached hydrogens (tertiary/aromatic N) is 2. The van der Waals surface area contributed by atoms with Gasteiger partial charge >= 0.3 is 6.36 Å². The number of allylic oxidation sites excluding steroid dienone is 1. The van der Waals surface area contributed by atoms with Gasteiger partial charge in [-0.2, -0.15) is 10.5 Å². The number of alkyl halides is 3. The number of aromatic amines is 1. The Morgan fingerprint density at radius 1 is 1.15 bits per heavy atom. The summed E-state index contributed by atoms with van der Waals surface area (Å²) in [6.45, 7) is 0. The van der Waals surface area contributed by atoms with E-state index in [1.807, 2.05) is 12.1 Å². The summed E-state index contributed by atoms with van der Waals surface area (Å²) in [5.74, 6) is -0.507. The van der Waals surface area contributed by atoms with Crippen molar-refractivity contribution in [1.29, 1.82) is 10.5 Å². The SMILES string of the molecule is N#CC(=Cc1cc(C#N)ccc1OC(F)(F)F)c1c[nH]c2ccc(Cl)cc12. The molecule has 1 N–H and O–H groups in total. The largest absolute Gasteiger partial charge is 0.573 e. The van der Waals surface area contributed by atoms with E-state index in [1.54, 1.807) is 24.4 Å². The zero-order valence-electron chi connectivity index (χ0n) is 13.4. The standard InChI is InChI=1S/C19H9ClF3N3O/c20-14-2-3-17-15(7-14)16(10-26-17)13(9-25)6-12-5-11(8-24)1-4-18(12)27-19(21,22)23/h1-7,10,26H. The van der Waals surface area contributed by atoms with Gasteiger partial charge in [-0.25, -0.2) is 0 Å². The van der Waals surface area contributed by atoms with Gasteiger partial charge in [-0.05, 0) is 42.5 Å². The van der Waals surface area contributed by atoms with Crippen molar-refractivity contribution in [3.8, 4) is 17.9 Å². The molecule has 0 amide bonds. The van der Waals surface area contributed by atoms with Gasteiger partial charge in [0.1, 0.15) is 5.75 Å². The van der Waals surface area contributed by atoms with E-state index in [1.165, 1.54) is 18.2 Å². The third kappa shape index (κ3) is 4.05. The summed E-state index contributed by atoms with van der Waals surface area (Å²) >= 11 is 6.00. The normalized spacial score (nSPS) is 11.9. The summed E-state index contributed by atoms with van der Waals surface area (Å²) in [5, 5.41) is 19.7. The smallest absolute Gasteiger partial charge is 0.405 e. The van der Waals surface area contributed by atoms with Crippen LogP contribution in [0.25, 0.3) is 22.6 Å². The Balaban J connectivity index is 2.17. The van der Waals surface area contributed by atoms with Crippen LogP contribution in [-0.2, 0) is 0 Å². The first kappa shape index (κ1) is 18.4. The van der Waals surface area contributed by atoms with Crippen LogP contribution in [0.1, 0.15) is 16.7 Å². The number of ether oxygens (including phenoxy) is 1. The molecular weight excluding hydrogens is 379 g/mol. The van der Waals surface area contributed by atoms with Crippen LogP contribution in [0.3, 0.4) is 0 Å². The minimum absolute atomic E-state index is 0.0423. The molecule has 0 aliphatic rings. The van der Waals surface area contributed by atoms with Crippen LogP contribution in [-0.4, -0.2) is 11.3 Å². The quantitative estimate of drug-likeness (QED) is 0.590. The Morgan fingerprint density at radius 3 is 2.59 bits per heavy atom. The van der Waals surface area contributed by atoms with E-state index in [-0.39, 0.29) is 16.7 Å². The fraction of sp³-hybridized carbons (Fsp3) is 0.0526. The molecule has 0 radical (unpaired) electrons. The fourth-order valence-electron chi connectivity index (χ4n) is 2.59. The Kier molecular flexibility index (Phi) is 4.81. The Bertz CT molecular complexity index is 1130. The van der Waals surface area contributed by atoms with Gasteiger partial charge in [-0.1, -0.05) is 11.6 Å². The Hall–Kier alpha value is -3.42. The maximum atomic E-state index is 12.7. The van der Waals surface area contributed by atoms with Crippen LogP contribution < -0.4 is 4.74 Å². The van der Waals surface area contributed by atoms with E-state index in [4.69, 9.17) is 16.9 Å². The van der Waals surface area contributed by atoms with E-state index in [0.29, 0.717) is 21.5 Å². The van der Waals surface area contributed by atoms with Crippen molar-refractivity contribution in [2.24, 2.45) is 0 Å². The number of fused-ring (bicyclic) bond motifs is 1. The molecule has 0 bridgehead atoms. The highest BCUT2D eigenvalue weighted by atomic mass is 35.5. The molecule has 8 heteroatoms. The molecule has 1 aromatic heterocycles. The van der Waals surface area contributed by atoms with Gasteiger partial charge < -0.3 is 9.72 Å². The fourth-order valence-corrected chi connectivity index (χ4v) is 2.76. The minimum atomic E-state index is -4.90. The first-order valence-electron chi connectivity index (χ1n) is 7.49.